The normalized spacial score (nSPS) is 21.1. The Morgan fingerprint density at radius 3 is 2.38 bits per heavy atom. The maximum absolute atomic E-state index is 13.7. The molecule has 5 rings (SSSR count). The molecule has 1 N–H and O–H groups in total. The van der Waals surface area contributed by atoms with Gasteiger partial charge in [-0.15, -0.1) is 11.3 Å². The van der Waals surface area contributed by atoms with E-state index in [2.05, 4.69) is 9.88 Å². The van der Waals surface area contributed by atoms with E-state index in [4.69, 9.17) is 9.90 Å². The minimum Gasteiger partial charge on any atom is -0.475 e. The van der Waals surface area contributed by atoms with Gasteiger partial charge in [0.2, 0.25) is 10.0 Å². The van der Waals surface area contributed by atoms with E-state index in [1.807, 2.05) is 36.7 Å². The van der Waals surface area contributed by atoms with Crippen LogP contribution in [0.15, 0.2) is 29.8 Å². The average molecular weight is 518 g/mol. The minimum absolute atomic E-state index is 0.539. The van der Waals surface area contributed by atoms with E-state index in [9.17, 15) is 21.6 Å². The molecule has 0 amide bonds. The van der Waals surface area contributed by atoms with Crippen molar-refractivity contribution in [1.82, 2.24) is 9.88 Å². The molecule has 7 nitrogen and oxygen atoms in total. The molecule has 0 radical (unpaired) electrons. The van der Waals surface area contributed by atoms with E-state index in [-0.39, 0.29) is 0 Å². The highest BCUT2D eigenvalue weighted by molar-refractivity contribution is 7.94. The molecule has 2 aromatic rings. The van der Waals surface area contributed by atoms with Crippen LogP contribution in [0, 0.1) is 12.8 Å². The van der Waals surface area contributed by atoms with Crippen LogP contribution in [-0.2, 0) is 26.1 Å². The number of para-hydroxylation sites is 1. The summed E-state index contributed by atoms with van der Waals surface area (Å²) in [6, 6.07) is 8.00. The molecule has 1 saturated carbocycles. The Balaban J connectivity index is 0.000000344. The van der Waals surface area contributed by atoms with E-state index in [1.165, 1.54) is 4.88 Å². The third kappa shape index (κ3) is 4.67. The molecule has 0 unspecified atom stereocenters. The fourth-order valence-corrected chi connectivity index (χ4v) is 7.78. The number of carboxylic acids is 1. The molecule has 2 aliphatic heterocycles. The number of fused-ring (bicyclic) bond motifs is 2. The number of sulfonamides is 1. The number of thiazole rings is 1. The summed E-state index contributed by atoms with van der Waals surface area (Å²) < 4.78 is 60.1. The van der Waals surface area contributed by atoms with Gasteiger partial charge < -0.3 is 5.11 Å². The van der Waals surface area contributed by atoms with E-state index >= 15 is 0 Å². The van der Waals surface area contributed by atoms with Gasteiger partial charge in [-0.2, -0.15) is 13.2 Å². The number of carboxylic acid groups (broad SMARTS) is 1. The third-order valence-corrected chi connectivity index (χ3v) is 10.1. The molecule has 1 aliphatic carbocycles. The van der Waals surface area contributed by atoms with Crippen molar-refractivity contribution in [2.75, 3.05) is 23.9 Å². The number of carbonyl (C=O) groups is 1. The van der Waals surface area contributed by atoms with Crippen molar-refractivity contribution in [3.63, 3.8) is 0 Å². The van der Waals surface area contributed by atoms with Crippen molar-refractivity contribution in [2.24, 2.45) is 5.92 Å². The summed E-state index contributed by atoms with van der Waals surface area (Å²) in [6.45, 7) is 5.19. The molecule has 0 atom stereocenters. The lowest BCUT2D eigenvalue weighted by Gasteiger charge is -2.39. The topological polar surface area (TPSA) is 90.8 Å². The smallest absolute Gasteiger partial charge is 0.475 e. The Labute approximate surface area is 200 Å². The summed E-state index contributed by atoms with van der Waals surface area (Å²) >= 11 is 1.69. The van der Waals surface area contributed by atoms with Crippen molar-refractivity contribution in [2.45, 2.75) is 50.1 Å². The second kappa shape index (κ2) is 9.12. The predicted octanol–water partition coefficient (Wildman–Crippen LogP) is 4.14. The zero-order valence-corrected chi connectivity index (χ0v) is 20.2. The lowest BCUT2D eigenvalue weighted by atomic mass is 9.87. The minimum atomic E-state index is -5.08. The molecular formula is C22H26F3N3O4S2. The zero-order valence-electron chi connectivity index (χ0n) is 18.6. The van der Waals surface area contributed by atoms with E-state index in [0.29, 0.717) is 25.3 Å². The number of rotatable bonds is 4. The average Bonchev–Trinajstić information content (AvgIpc) is 3.49. The molecule has 1 spiro atoms. The molecule has 0 bridgehead atoms. The molecule has 12 heteroatoms. The fourth-order valence-electron chi connectivity index (χ4n) is 4.57. The van der Waals surface area contributed by atoms with Crippen LogP contribution >= 0.6 is 11.3 Å². The Kier molecular flexibility index (Phi) is 6.69. The summed E-state index contributed by atoms with van der Waals surface area (Å²) in [5, 5.41) is 7.12. The van der Waals surface area contributed by atoms with E-state index in [0.717, 1.165) is 49.4 Å². The lowest BCUT2D eigenvalue weighted by Crippen LogP contribution is -2.48. The highest BCUT2D eigenvalue weighted by atomic mass is 32.2. The molecule has 34 heavy (non-hydrogen) atoms. The maximum Gasteiger partial charge on any atom is 0.490 e. The number of nitrogens with zero attached hydrogens (tertiary/aromatic N) is 3. The first kappa shape index (κ1) is 24.9. The first-order chi connectivity index (χ1) is 16.0. The molecule has 186 valence electrons. The number of hydrogen-bond acceptors (Lipinski definition) is 6. The Morgan fingerprint density at radius 2 is 1.85 bits per heavy atom. The molecule has 1 aromatic carbocycles. The lowest BCUT2D eigenvalue weighted by molar-refractivity contribution is -0.192. The van der Waals surface area contributed by atoms with Crippen LogP contribution in [0.25, 0.3) is 0 Å². The molecule has 1 aromatic heterocycles. The number of hydrogen-bond donors (Lipinski definition) is 1. The number of aliphatic carboxylic acids is 1. The zero-order chi connectivity index (χ0) is 24.7. The van der Waals surface area contributed by atoms with Gasteiger partial charge in [-0.05, 0) is 50.2 Å². The Bertz CT molecular complexity index is 1150. The molecule has 3 aliphatic rings. The standard InChI is InChI=1S/C20H25N3O2S2.C2HF3O2/c1-15-19(26-14-21-15)13-22-10-8-20(9-11-22)17-4-2-3-5-18(17)23(27(20,24)25)12-16-6-7-16;3-2(4,5)1(6)7/h2-5,14,16H,6-13H2,1H3;(H,6,7). The predicted molar refractivity (Wildman–Crippen MR) is 122 cm³/mol. The van der Waals surface area contributed by atoms with Gasteiger partial charge in [-0.25, -0.2) is 18.2 Å². The van der Waals surface area contributed by atoms with Crippen molar-refractivity contribution < 1.29 is 31.5 Å². The summed E-state index contributed by atoms with van der Waals surface area (Å²) in [7, 11) is -3.36. The van der Waals surface area contributed by atoms with Gasteiger partial charge in [0.1, 0.15) is 4.75 Å². The fraction of sp³-hybridized carbons (Fsp3) is 0.545. The van der Waals surface area contributed by atoms with Crippen LogP contribution in [0.1, 0.15) is 41.8 Å². The second-order valence-corrected chi connectivity index (χ2v) is 12.0. The number of alkyl halides is 3. The van der Waals surface area contributed by atoms with Crippen molar-refractivity contribution in [3.05, 3.63) is 45.9 Å². The van der Waals surface area contributed by atoms with Crippen LogP contribution in [0.4, 0.5) is 18.9 Å². The number of anilines is 1. The summed E-state index contributed by atoms with van der Waals surface area (Å²) in [6.07, 6.45) is -1.43. The Morgan fingerprint density at radius 1 is 1.24 bits per heavy atom. The number of likely N-dealkylation sites (tertiary alicyclic amines) is 1. The van der Waals surface area contributed by atoms with Gasteiger partial charge in [0.15, 0.2) is 0 Å². The monoisotopic (exact) mass is 517 g/mol. The van der Waals surface area contributed by atoms with Crippen LogP contribution in [-0.4, -0.2) is 55.2 Å². The van der Waals surface area contributed by atoms with Crippen molar-refractivity contribution in [1.29, 1.82) is 0 Å². The number of benzene rings is 1. The van der Waals surface area contributed by atoms with Gasteiger partial charge in [-0.3, -0.25) is 9.21 Å². The van der Waals surface area contributed by atoms with Crippen LogP contribution in [0.2, 0.25) is 0 Å². The number of piperidine rings is 1. The van der Waals surface area contributed by atoms with Gasteiger partial charge in [-0.1, -0.05) is 18.2 Å². The molecule has 3 heterocycles. The molecule has 1 saturated heterocycles. The highest BCUT2D eigenvalue weighted by Crippen LogP contribution is 2.53. The summed E-state index contributed by atoms with van der Waals surface area (Å²) in [4.78, 5) is 16.9. The summed E-state index contributed by atoms with van der Waals surface area (Å²) in [5.74, 6) is -2.22. The van der Waals surface area contributed by atoms with Gasteiger partial charge in [0, 0.05) is 31.1 Å². The molecule has 2 fully saturated rings. The van der Waals surface area contributed by atoms with Crippen LogP contribution < -0.4 is 4.31 Å². The largest absolute Gasteiger partial charge is 0.490 e. The van der Waals surface area contributed by atoms with Crippen LogP contribution in [0.3, 0.4) is 0 Å². The highest BCUT2D eigenvalue weighted by Gasteiger charge is 2.57. The van der Waals surface area contributed by atoms with E-state index in [1.54, 1.807) is 15.6 Å². The van der Waals surface area contributed by atoms with Crippen molar-refractivity contribution >= 4 is 33.0 Å². The van der Waals surface area contributed by atoms with E-state index < -0.39 is 26.9 Å². The SMILES string of the molecule is Cc1ncsc1CN1CCC2(CC1)c1ccccc1N(CC1CC1)S2(=O)=O.O=C(O)C(F)(F)F. The first-order valence-corrected chi connectivity index (χ1v) is 13.3. The Hall–Kier alpha value is -2.18. The van der Waals surface area contributed by atoms with Gasteiger partial charge >= 0.3 is 12.1 Å². The quantitative estimate of drug-likeness (QED) is 0.656. The van der Waals surface area contributed by atoms with Gasteiger partial charge in [0.05, 0.1) is 16.9 Å². The third-order valence-electron chi connectivity index (χ3n) is 6.69. The number of aryl methyl sites for hydroxylation is 1. The first-order valence-electron chi connectivity index (χ1n) is 11.0. The van der Waals surface area contributed by atoms with Crippen molar-refractivity contribution in [3.8, 4) is 0 Å². The second-order valence-electron chi connectivity index (χ2n) is 8.93. The number of halogens is 3. The number of aromatic nitrogens is 1. The maximum atomic E-state index is 13.7. The summed E-state index contributed by atoms with van der Waals surface area (Å²) in [5.41, 5.74) is 4.94. The van der Waals surface area contributed by atoms with Gasteiger partial charge in [0.25, 0.3) is 0 Å². The molecular weight excluding hydrogens is 491 g/mol. The van der Waals surface area contributed by atoms with Crippen LogP contribution in [0.5, 0.6) is 0 Å².